The second-order valence-electron chi connectivity index (χ2n) is 3.14. The van der Waals surface area contributed by atoms with Gasteiger partial charge in [0.05, 0.1) is 5.02 Å². The van der Waals surface area contributed by atoms with Gasteiger partial charge in [-0.25, -0.2) is 4.39 Å². The van der Waals surface area contributed by atoms with Crippen molar-refractivity contribution < 1.29 is 4.39 Å². The molecule has 0 saturated carbocycles. The molecule has 2 rings (SSSR count). The van der Waals surface area contributed by atoms with Crippen LogP contribution in [0.3, 0.4) is 0 Å². The molecule has 0 fully saturated rings. The van der Waals surface area contributed by atoms with Gasteiger partial charge in [-0.3, -0.25) is 4.57 Å². The highest BCUT2D eigenvalue weighted by Gasteiger charge is 2.16. The molecule has 0 aliphatic rings. The van der Waals surface area contributed by atoms with Crippen LogP contribution in [-0.2, 0) is 6.42 Å². The number of benzene rings is 1. The molecule has 2 aromatic rings. The first-order chi connectivity index (χ1) is 7.65. The average Bonchev–Trinajstić information content (AvgIpc) is 2.60. The number of hydrogen-bond donors (Lipinski definition) is 0. The van der Waals surface area contributed by atoms with Gasteiger partial charge in [-0.15, -0.1) is 10.2 Å². The average molecular weight is 260 g/mol. The number of aromatic nitrogens is 3. The Kier molecular flexibility index (Phi) is 3.12. The fourth-order valence-corrected chi connectivity index (χ4v) is 1.92. The van der Waals surface area contributed by atoms with Crippen molar-refractivity contribution >= 4 is 23.2 Å². The van der Waals surface area contributed by atoms with Crippen molar-refractivity contribution in [3.63, 3.8) is 0 Å². The molecule has 0 amide bonds. The molecule has 6 heteroatoms. The molecule has 0 aliphatic heterocycles. The standard InChI is InChI=1S/C10H8Cl2FN3/c1-2-8-14-15-10(12)16(8)9-6(11)4-3-5-7(9)13/h3-5H,2H2,1H3. The van der Waals surface area contributed by atoms with E-state index in [1.807, 2.05) is 6.92 Å². The molecule has 16 heavy (non-hydrogen) atoms. The molecular formula is C10H8Cl2FN3. The third-order valence-electron chi connectivity index (χ3n) is 2.17. The molecular weight excluding hydrogens is 252 g/mol. The summed E-state index contributed by atoms with van der Waals surface area (Å²) in [5.74, 6) is 0.112. The Balaban J connectivity index is 2.71. The van der Waals surface area contributed by atoms with Crippen LogP contribution < -0.4 is 0 Å². The number of rotatable bonds is 2. The van der Waals surface area contributed by atoms with E-state index in [-0.39, 0.29) is 16.0 Å². The van der Waals surface area contributed by atoms with Gasteiger partial charge in [-0.1, -0.05) is 24.6 Å². The van der Waals surface area contributed by atoms with Gasteiger partial charge >= 0.3 is 0 Å². The summed E-state index contributed by atoms with van der Waals surface area (Å²) in [4.78, 5) is 0. The Morgan fingerprint density at radius 3 is 2.69 bits per heavy atom. The van der Waals surface area contributed by atoms with Gasteiger partial charge in [0.2, 0.25) is 5.28 Å². The minimum Gasteiger partial charge on any atom is -0.265 e. The second-order valence-corrected chi connectivity index (χ2v) is 3.89. The van der Waals surface area contributed by atoms with Crippen LogP contribution in [0.15, 0.2) is 18.2 Å². The van der Waals surface area contributed by atoms with E-state index in [0.29, 0.717) is 12.2 Å². The summed E-state index contributed by atoms with van der Waals surface area (Å²) in [6, 6.07) is 4.44. The maximum atomic E-state index is 13.7. The number of hydrogen-bond acceptors (Lipinski definition) is 2. The molecule has 1 aromatic heterocycles. The quantitative estimate of drug-likeness (QED) is 0.829. The van der Waals surface area contributed by atoms with Crippen LogP contribution in [0.4, 0.5) is 4.39 Å². The molecule has 1 heterocycles. The first kappa shape index (κ1) is 11.4. The number of halogens is 3. The number of aryl methyl sites for hydroxylation is 1. The molecule has 0 atom stereocenters. The summed E-state index contributed by atoms with van der Waals surface area (Å²) in [6.07, 6.45) is 0.588. The van der Waals surface area contributed by atoms with Crippen molar-refractivity contribution in [2.45, 2.75) is 13.3 Å². The van der Waals surface area contributed by atoms with Gasteiger partial charge in [-0.05, 0) is 23.7 Å². The summed E-state index contributed by atoms with van der Waals surface area (Å²) in [5.41, 5.74) is 0.191. The molecule has 1 aromatic carbocycles. The zero-order valence-corrected chi connectivity index (χ0v) is 9.93. The molecule has 0 saturated heterocycles. The van der Waals surface area contributed by atoms with Crippen LogP contribution >= 0.6 is 23.2 Å². The summed E-state index contributed by atoms with van der Waals surface area (Å²) >= 11 is 11.8. The predicted octanol–water partition coefficient (Wildman–Crippen LogP) is 3.28. The maximum absolute atomic E-state index is 13.7. The number of para-hydroxylation sites is 1. The van der Waals surface area contributed by atoms with Crippen LogP contribution in [0, 0.1) is 5.82 Å². The van der Waals surface area contributed by atoms with E-state index in [4.69, 9.17) is 23.2 Å². The first-order valence-electron chi connectivity index (χ1n) is 4.69. The van der Waals surface area contributed by atoms with E-state index in [2.05, 4.69) is 10.2 Å². The lowest BCUT2D eigenvalue weighted by molar-refractivity contribution is 0.615. The summed E-state index contributed by atoms with van der Waals surface area (Å²) < 4.78 is 15.1. The molecule has 0 bridgehead atoms. The van der Waals surface area contributed by atoms with Crippen molar-refractivity contribution in [1.29, 1.82) is 0 Å². The molecule has 0 aliphatic carbocycles. The summed E-state index contributed by atoms with van der Waals surface area (Å²) in [5, 5.41) is 7.92. The summed E-state index contributed by atoms with van der Waals surface area (Å²) in [6.45, 7) is 1.88. The van der Waals surface area contributed by atoms with Crippen molar-refractivity contribution in [3.05, 3.63) is 40.1 Å². The molecule has 3 nitrogen and oxygen atoms in total. The largest absolute Gasteiger partial charge is 0.265 e. The minimum absolute atomic E-state index is 0.101. The van der Waals surface area contributed by atoms with Crippen LogP contribution in [-0.4, -0.2) is 14.8 Å². The Labute approximate surface area is 102 Å². The molecule has 0 radical (unpaired) electrons. The van der Waals surface area contributed by atoms with Crippen LogP contribution in [0.5, 0.6) is 0 Å². The van der Waals surface area contributed by atoms with Crippen LogP contribution in [0.1, 0.15) is 12.7 Å². The Morgan fingerprint density at radius 1 is 1.31 bits per heavy atom. The molecule has 0 N–H and O–H groups in total. The van der Waals surface area contributed by atoms with Gasteiger partial charge in [0.1, 0.15) is 17.3 Å². The van der Waals surface area contributed by atoms with Gasteiger partial charge in [0.25, 0.3) is 0 Å². The Morgan fingerprint density at radius 2 is 2.06 bits per heavy atom. The monoisotopic (exact) mass is 259 g/mol. The smallest absolute Gasteiger partial charge is 0.229 e. The number of nitrogens with zero attached hydrogens (tertiary/aromatic N) is 3. The molecule has 84 valence electrons. The third-order valence-corrected chi connectivity index (χ3v) is 2.72. The third kappa shape index (κ3) is 1.79. The van der Waals surface area contributed by atoms with E-state index in [0.717, 1.165) is 0 Å². The Bertz CT molecular complexity index is 505. The lowest BCUT2D eigenvalue weighted by atomic mass is 10.3. The predicted molar refractivity (Wildman–Crippen MR) is 60.7 cm³/mol. The van der Waals surface area contributed by atoms with Crippen LogP contribution in [0.2, 0.25) is 10.3 Å². The second kappa shape index (κ2) is 4.39. The normalized spacial score (nSPS) is 10.8. The van der Waals surface area contributed by atoms with Crippen molar-refractivity contribution in [1.82, 2.24) is 14.8 Å². The van der Waals surface area contributed by atoms with E-state index < -0.39 is 5.82 Å². The minimum atomic E-state index is -0.455. The van der Waals surface area contributed by atoms with E-state index in [1.54, 1.807) is 6.07 Å². The zero-order valence-electron chi connectivity index (χ0n) is 8.41. The molecule has 0 spiro atoms. The van der Waals surface area contributed by atoms with Gasteiger partial charge < -0.3 is 0 Å². The topological polar surface area (TPSA) is 30.7 Å². The lowest BCUT2D eigenvalue weighted by Crippen LogP contribution is -2.03. The first-order valence-corrected chi connectivity index (χ1v) is 5.45. The Hall–Kier alpha value is -1.13. The highest BCUT2D eigenvalue weighted by atomic mass is 35.5. The van der Waals surface area contributed by atoms with E-state index in [9.17, 15) is 4.39 Å². The van der Waals surface area contributed by atoms with Crippen molar-refractivity contribution in [2.75, 3.05) is 0 Å². The SMILES string of the molecule is CCc1nnc(Cl)n1-c1c(F)cccc1Cl. The van der Waals surface area contributed by atoms with Crippen LogP contribution in [0.25, 0.3) is 5.69 Å². The maximum Gasteiger partial charge on any atom is 0.229 e. The fourth-order valence-electron chi connectivity index (χ4n) is 1.45. The van der Waals surface area contributed by atoms with E-state index in [1.165, 1.54) is 16.7 Å². The summed E-state index contributed by atoms with van der Waals surface area (Å²) in [7, 11) is 0. The highest BCUT2D eigenvalue weighted by molar-refractivity contribution is 6.33. The highest BCUT2D eigenvalue weighted by Crippen LogP contribution is 2.27. The lowest BCUT2D eigenvalue weighted by Gasteiger charge is -2.09. The zero-order chi connectivity index (χ0) is 11.7. The fraction of sp³-hybridized carbons (Fsp3) is 0.200. The van der Waals surface area contributed by atoms with E-state index >= 15 is 0 Å². The van der Waals surface area contributed by atoms with Crippen molar-refractivity contribution in [3.8, 4) is 5.69 Å². The van der Waals surface area contributed by atoms with Gasteiger partial charge in [0.15, 0.2) is 0 Å². The van der Waals surface area contributed by atoms with Gasteiger partial charge in [-0.2, -0.15) is 0 Å². The van der Waals surface area contributed by atoms with Crippen molar-refractivity contribution in [2.24, 2.45) is 0 Å². The van der Waals surface area contributed by atoms with Gasteiger partial charge in [0, 0.05) is 6.42 Å². The molecule has 0 unspecified atom stereocenters.